The van der Waals surface area contributed by atoms with E-state index in [-0.39, 0.29) is 11.2 Å². The van der Waals surface area contributed by atoms with Gasteiger partial charge in [-0.1, -0.05) is 11.6 Å². The van der Waals surface area contributed by atoms with Crippen LogP contribution >= 0.6 is 11.6 Å². The van der Waals surface area contributed by atoms with Gasteiger partial charge in [-0.2, -0.15) is 0 Å². The van der Waals surface area contributed by atoms with Crippen LogP contribution in [0.2, 0.25) is 5.02 Å². The maximum atomic E-state index is 11.1. The molecule has 0 radical (unpaired) electrons. The smallest absolute Gasteiger partial charge is 0.250 e. The van der Waals surface area contributed by atoms with Gasteiger partial charge in [-0.3, -0.25) is 4.79 Å². The largest absolute Gasteiger partial charge is 0.472 e. The monoisotopic (exact) mass is 334 g/mol. The maximum absolute atomic E-state index is 11.1. The van der Waals surface area contributed by atoms with Crippen molar-refractivity contribution >= 4 is 23.3 Å². The van der Waals surface area contributed by atoms with Gasteiger partial charge in [0.15, 0.2) is 0 Å². The van der Waals surface area contributed by atoms with E-state index < -0.39 is 5.91 Å². The molecule has 6 nitrogen and oxygen atoms in total. The van der Waals surface area contributed by atoms with Crippen molar-refractivity contribution in [1.82, 2.24) is 9.97 Å². The minimum Gasteiger partial charge on any atom is -0.472 e. The van der Waals surface area contributed by atoms with Gasteiger partial charge in [-0.15, -0.1) is 0 Å². The number of halogens is 1. The number of primary amides is 1. The van der Waals surface area contributed by atoms with E-state index in [0.29, 0.717) is 23.3 Å². The zero-order chi connectivity index (χ0) is 17.0. The Bertz CT molecular complexity index is 713. The minimum absolute atomic E-state index is 0.269. The molecule has 2 heterocycles. The third-order valence-corrected chi connectivity index (χ3v) is 3.08. The summed E-state index contributed by atoms with van der Waals surface area (Å²) in [7, 11) is 0. The molecule has 0 aliphatic rings. The molecule has 23 heavy (non-hydrogen) atoms. The quantitative estimate of drug-likeness (QED) is 0.877. The third-order valence-electron chi connectivity index (χ3n) is 2.80. The predicted octanol–water partition coefficient (Wildman–Crippen LogP) is 3.02. The topological polar surface area (TPSA) is 90.1 Å². The number of carbonyl (C=O) groups excluding carboxylic acids is 1. The van der Waals surface area contributed by atoms with Crippen LogP contribution in [-0.2, 0) is 6.54 Å². The number of nitrogens with two attached hydrogens (primary N) is 1. The summed E-state index contributed by atoms with van der Waals surface area (Å²) in [6.45, 7) is 6.38. The number of nitrogens with one attached hydrogen (secondary N) is 1. The number of ether oxygens (including phenoxy) is 1. The molecule has 0 aromatic carbocycles. The first-order valence-electron chi connectivity index (χ1n) is 7.08. The highest BCUT2D eigenvalue weighted by Crippen LogP contribution is 2.21. The van der Waals surface area contributed by atoms with Gasteiger partial charge >= 0.3 is 0 Å². The Morgan fingerprint density at radius 3 is 2.70 bits per heavy atom. The lowest BCUT2D eigenvalue weighted by molar-refractivity contribution is 0.1000. The van der Waals surface area contributed by atoms with E-state index in [4.69, 9.17) is 22.1 Å². The van der Waals surface area contributed by atoms with Crippen molar-refractivity contribution in [2.45, 2.75) is 32.9 Å². The summed E-state index contributed by atoms with van der Waals surface area (Å²) in [5, 5.41) is 3.44. The highest BCUT2D eigenvalue weighted by atomic mass is 35.5. The lowest BCUT2D eigenvalue weighted by atomic mass is 10.2. The molecular formula is C16H19ClN4O2. The minimum atomic E-state index is -0.566. The van der Waals surface area contributed by atoms with Crippen molar-refractivity contribution in [3.63, 3.8) is 0 Å². The fraction of sp³-hybridized carbons (Fsp3) is 0.312. The van der Waals surface area contributed by atoms with Gasteiger partial charge in [-0.05, 0) is 38.5 Å². The number of nitrogens with zero attached hydrogens (tertiary/aromatic N) is 2. The van der Waals surface area contributed by atoms with Crippen LogP contribution < -0.4 is 15.8 Å². The van der Waals surface area contributed by atoms with Crippen LogP contribution in [0.5, 0.6) is 5.88 Å². The molecule has 7 heteroatoms. The van der Waals surface area contributed by atoms with Crippen LogP contribution in [-0.4, -0.2) is 21.5 Å². The van der Waals surface area contributed by atoms with Crippen LogP contribution in [0.15, 0.2) is 30.6 Å². The molecule has 0 spiro atoms. The van der Waals surface area contributed by atoms with Crippen molar-refractivity contribution in [3.8, 4) is 5.88 Å². The van der Waals surface area contributed by atoms with E-state index in [1.54, 1.807) is 6.20 Å². The first kappa shape index (κ1) is 17.0. The van der Waals surface area contributed by atoms with Gasteiger partial charge < -0.3 is 15.8 Å². The number of amides is 1. The Morgan fingerprint density at radius 1 is 1.35 bits per heavy atom. The van der Waals surface area contributed by atoms with Crippen LogP contribution in [0.3, 0.4) is 0 Å². The Kier molecular flexibility index (Phi) is 5.05. The maximum Gasteiger partial charge on any atom is 0.250 e. The molecule has 0 unspecified atom stereocenters. The third kappa shape index (κ3) is 5.10. The summed E-state index contributed by atoms with van der Waals surface area (Å²) in [6.07, 6.45) is 3.07. The van der Waals surface area contributed by atoms with E-state index in [1.165, 1.54) is 12.3 Å². The Hall–Kier alpha value is -2.34. The Labute approximate surface area is 140 Å². The summed E-state index contributed by atoms with van der Waals surface area (Å²) in [5.74, 6) is 0.468. The second-order valence-corrected chi connectivity index (χ2v) is 6.40. The molecule has 122 valence electrons. The van der Waals surface area contributed by atoms with Crippen molar-refractivity contribution in [2.24, 2.45) is 5.73 Å². The zero-order valence-electron chi connectivity index (χ0n) is 13.3. The number of rotatable bonds is 5. The van der Waals surface area contributed by atoms with E-state index in [0.717, 1.165) is 5.56 Å². The van der Waals surface area contributed by atoms with Gasteiger partial charge in [0.25, 0.3) is 0 Å². The van der Waals surface area contributed by atoms with Gasteiger partial charge in [0, 0.05) is 25.0 Å². The van der Waals surface area contributed by atoms with Gasteiger partial charge in [-0.25, -0.2) is 9.97 Å². The first-order chi connectivity index (χ1) is 10.7. The van der Waals surface area contributed by atoms with Gasteiger partial charge in [0.05, 0.1) is 10.6 Å². The SMILES string of the molecule is CC(C)(C)Oc1cc(CNc2ncc(C(N)=O)cc2Cl)ccn1. The number of pyridine rings is 2. The molecule has 0 bridgehead atoms. The lowest BCUT2D eigenvalue weighted by Gasteiger charge is -2.20. The second kappa shape index (κ2) is 6.83. The van der Waals surface area contributed by atoms with Crippen molar-refractivity contribution < 1.29 is 9.53 Å². The normalized spacial score (nSPS) is 11.1. The molecule has 2 rings (SSSR count). The Balaban J connectivity index is 2.06. The summed E-state index contributed by atoms with van der Waals surface area (Å²) >= 11 is 6.09. The second-order valence-electron chi connectivity index (χ2n) is 5.99. The van der Waals surface area contributed by atoms with Crippen molar-refractivity contribution in [3.05, 3.63) is 46.7 Å². The molecule has 0 aliphatic carbocycles. The average Bonchev–Trinajstić information content (AvgIpc) is 2.44. The van der Waals surface area contributed by atoms with Crippen molar-refractivity contribution in [2.75, 3.05) is 5.32 Å². The van der Waals surface area contributed by atoms with E-state index >= 15 is 0 Å². The number of aromatic nitrogens is 2. The van der Waals surface area contributed by atoms with E-state index in [9.17, 15) is 4.79 Å². The van der Waals surface area contributed by atoms with Crippen LogP contribution in [0.25, 0.3) is 0 Å². The van der Waals surface area contributed by atoms with E-state index in [1.807, 2.05) is 32.9 Å². The van der Waals surface area contributed by atoms with Crippen molar-refractivity contribution in [1.29, 1.82) is 0 Å². The molecule has 3 N–H and O–H groups in total. The lowest BCUT2D eigenvalue weighted by Crippen LogP contribution is -2.23. The average molecular weight is 335 g/mol. The molecule has 0 saturated heterocycles. The highest BCUT2D eigenvalue weighted by Gasteiger charge is 2.13. The standard InChI is InChI=1S/C16H19ClN4O2/c1-16(2,3)23-13-6-10(4-5-19-13)8-20-15-12(17)7-11(9-21-15)14(18)22/h4-7,9H,8H2,1-3H3,(H2,18,22)(H,20,21). The summed E-state index contributed by atoms with van der Waals surface area (Å²) in [4.78, 5) is 19.4. The Morgan fingerprint density at radius 2 is 2.09 bits per heavy atom. The number of anilines is 1. The van der Waals surface area contributed by atoms with E-state index in [2.05, 4.69) is 15.3 Å². The number of hydrogen-bond donors (Lipinski definition) is 2. The van der Waals surface area contributed by atoms with Gasteiger partial charge in [0.1, 0.15) is 11.4 Å². The molecule has 0 atom stereocenters. The van der Waals surface area contributed by atoms with Crippen LogP contribution in [0, 0.1) is 0 Å². The van der Waals surface area contributed by atoms with Crippen LogP contribution in [0.1, 0.15) is 36.7 Å². The molecule has 0 aliphatic heterocycles. The summed E-state index contributed by atoms with van der Waals surface area (Å²) in [5.41, 5.74) is 6.11. The molecule has 0 saturated carbocycles. The fourth-order valence-electron chi connectivity index (χ4n) is 1.82. The molecule has 1 amide bonds. The number of hydrogen-bond acceptors (Lipinski definition) is 5. The zero-order valence-corrected chi connectivity index (χ0v) is 14.0. The molecule has 0 fully saturated rings. The highest BCUT2D eigenvalue weighted by molar-refractivity contribution is 6.33. The first-order valence-corrected chi connectivity index (χ1v) is 7.45. The van der Waals surface area contributed by atoms with Crippen LogP contribution in [0.4, 0.5) is 5.82 Å². The predicted molar refractivity (Wildman–Crippen MR) is 89.7 cm³/mol. The molecule has 2 aromatic heterocycles. The fourth-order valence-corrected chi connectivity index (χ4v) is 2.05. The summed E-state index contributed by atoms with van der Waals surface area (Å²) < 4.78 is 5.73. The summed E-state index contributed by atoms with van der Waals surface area (Å²) in [6, 6.07) is 5.21. The molecular weight excluding hydrogens is 316 g/mol. The molecule has 2 aromatic rings. The van der Waals surface area contributed by atoms with Gasteiger partial charge in [0.2, 0.25) is 11.8 Å². The number of carbonyl (C=O) groups is 1.